The normalized spacial score (nSPS) is 10.9. The van der Waals surface area contributed by atoms with Gasteiger partial charge in [0.15, 0.2) is 16.3 Å². The highest BCUT2D eigenvalue weighted by Crippen LogP contribution is 2.25. The lowest BCUT2D eigenvalue weighted by atomic mass is 9.96. The molecule has 0 fully saturated rings. The fraction of sp³-hybridized carbons (Fsp3) is 0.333. The third-order valence-corrected chi connectivity index (χ3v) is 3.93. The van der Waals surface area contributed by atoms with E-state index in [0.717, 1.165) is 11.3 Å². The van der Waals surface area contributed by atoms with E-state index in [1.165, 1.54) is 0 Å². The van der Waals surface area contributed by atoms with Crippen LogP contribution in [-0.4, -0.2) is 54.2 Å². The average Bonchev–Trinajstić information content (AvgIpc) is 3.05. The molecule has 0 aliphatic heterocycles. The van der Waals surface area contributed by atoms with Crippen LogP contribution in [0.5, 0.6) is 5.75 Å². The first-order valence-corrected chi connectivity index (χ1v) is 8.77. The van der Waals surface area contributed by atoms with Gasteiger partial charge in [0.25, 0.3) is 0 Å². The number of nitrogens with zero attached hydrogens (tertiary/aromatic N) is 5. The van der Waals surface area contributed by atoms with Crippen LogP contribution in [0.4, 0.5) is 0 Å². The molecule has 0 aliphatic rings. The number of carboxylic acids is 2. The van der Waals surface area contributed by atoms with Crippen LogP contribution in [0, 0.1) is 0 Å². The summed E-state index contributed by atoms with van der Waals surface area (Å²) in [4.78, 5) is 27.2. The SMILES string of the molecule is COc1ccc(Cn2nnc3c(Cl)nc(C(C)(C)C)nc32)cc1.O=C(O)C(=O)O. The minimum atomic E-state index is -1.82. The van der Waals surface area contributed by atoms with E-state index in [0.29, 0.717) is 28.7 Å². The Morgan fingerprint density at radius 1 is 1.10 bits per heavy atom. The number of aliphatic carboxylic acids is 2. The first-order valence-electron chi connectivity index (χ1n) is 8.39. The van der Waals surface area contributed by atoms with Gasteiger partial charge in [-0.05, 0) is 17.7 Å². The highest BCUT2D eigenvalue weighted by molar-refractivity contribution is 6.33. The summed E-state index contributed by atoms with van der Waals surface area (Å²) in [5.41, 5.74) is 2.04. The largest absolute Gasteiger partial charge is 0.497 e. The Morgan fingerprint density at radius 2 is 1.69 bits per heavy atom. The van der Waals surface area contributed by atoms with Gasteiger partial charge in [-0.3, -0.25) is 0 Å². The summed E-state index contributed by atoms with van der Waals surface area (Å²) in [6.45, 7) is 6.68. The van der Waals surface area contributed by atoms with Crippen LogP contribution in [-0.2, 0) is 21.5 Å². The molecule has 1 aromatic carbocycles. The summed E-state index contributed by atoms with van der Waals surface area (Å²) in [6.07, 6.45) is 0. The molecule has 2 N–H and O–H groups in total. The number of carboxylic acid groups (broad SMARTS) is 2. The van der Waals surface area contributed by atoms with Crippen LogP contribution >= 0.6 is 11.6 Å². The van der Waals surface area contributed by atoms with E-state index in [2.05, 4.69) is 20.3 Å². The number of ether oxygens (including phenoxy) is 1. The monoisotopic (exact) mass is 421 g/mol. The molecule has 11 heteroatoms. The molecule has 0 spiro atoms. The predicted molar refractivity (Wildman–Crippen MR) is 104 cm³/mol. The second-order valence-corrected chi connectivity index (χ2v) is 7.32. The molecule has 29 heavy (non-hydrogen) atoms. The van der Waals surface area contributed by atoms with Crippen molar-refractivity contribution in [3.05, 3.63) is 40.8 Å². The van der Waals surface area contributed by atoms with Crippen molar-refractivity contribution in [3.8, 4) is 5.75 Å². The molecule has 0 saturated carbocycles. The topological polar surface area (TPSA) is 140 Å². The molecule has 0 unspecified atom stereocenters. The van der Waals surface area contributed by atoms with E-state index < -0.39 is 11.9 Å². The fourth-order valence-corrected chi connectivity index (χ4v) is 2.37. The van der Waals surface area contributed by atoms with E-state index in [1.54, 1.807) is 11.8 Å². The lowest BCUT2D eigenvalue weighted by Gasteiger charge is -2.16. The number of rotatable bonds is 3. The van der Waals surface area contributed by atoms with E-state index >= 15 is 0 Å². The third-order valence-electron chi connectivity index (χ3n) is 3.67. The third kappa shape index (κ3) is 5.61. The Morgan fingerprint density at radius 3 is 2.17 bits per heavy atom. The zero-order valence-corrected chi connectivity index (χ0v) is 17.0. The molecule has 154 valence electrons. The van der Waals surface area contributed by atoms with Crippen LogP contribution in [0.15, 0.2) is 24.3 Å². The molecule has 0 radical (unpaired) electrons. The highest BCUT2D eigenvalue weighted by atomic mass is 35.5. The maximum Gasteiger partial charge on any atom is 0.414 e. The Bertz CT molecular complexity index is 1020. The van der Waals surface area contributed by atoms with Gasteiger partial charge in [0.1, 0.15) is 11.6 Å². The van der Waals surface area contributed by atoms with Crippen molar-refractivity contribution in [2.24, 2.45) is 0 Å². The van der Waals surface area contributed by atoms with Gasteiger partial charge in [0, 0.05) is 5.41 Å². The van der Waals surface area contributed by atoms with Crippen LogP contribution in [0.2, 0.25) is 5.15 Å². The van der Waals surface area contributed by atoms with Crippen molar-refractivity contribution in [3.63, 3.8) is 0 Å². The van der Waals surface area contributed by atoms with Crippen molar-refractivity contribution in [1.82, 2.24) is 25.0 Å². The van der Waals surface area contributed by atoms with Crippen molar-refractivity contribution < 1.29 is 24.5 Å². The van der Waals surface area contributed by atoms with Crippen LogP contribution in [0.25, 0.3) is 11.2 Å². The van der Waals surface area contributed by atoms with Gasteiger partial charge in [0.2, 0.25) is 0 Å². The van der Waals surface area contributed by atoms with Gasteiger partial charge in [-0.2, -0.15) is 0 Å². The van der Waals surface area contributed by atoms with Gasteiger partial charge >= 0.3 is 11.9 Å². The Labute approximate surface area is 171 Å². The molecule has 3 rings (SSSR count). The molecule has 0 saturated heterocycles. The standard InChI is InChI=1S/C16H18ClN5O.C2H2O4/c1-16(2,3)15-18-13(17)12-14(19-15)22(21-20-12)9-10-5-7-11(23-4)8-6-10;3-1(4)2(5)6/h5-8H,9H2,1-4H3;(H,3,4)(H,5,6). The van der Waals surface area contributed by atoms with E-state index in [4.69, 9.17) is 36.1 Å². The van der Waals surface area contributed by atoms with Crippen LogP contribution in [0.3, 0.4) is 0 Å². The number of fused-ring (bicyclic) bond motifs is 1. The first kappa shape index (κ1) is 22.0. The average molecular weight is 422 g/mol. The maximum absolute atomic E-state index is 9.10. The zero-order chi connectivity index (χ0) is 21.8. The molecule has 2 heterocycles. The lowest BCUT2D eigenvalue weighted by Crippen LogP contribution is -2.17. The van der Waals surface area contributed by atoms with Crippen LogP contribution < -0.4 is 4.74 Å². The van der Waals surface area contributed by atoms with Crippen molar-refractivity contribution in [2.75, 3.05) is 7.11 Å². The fourth-order valence-electron chi connectivity index (χ4n) is 2.17. The number of aromatic nitrogens is 5. The van der Waals surface area contributed by atoms with Crippen molar-refractivity contribution >= 4 is 34.7 Å². The summed E-state index contributed by atoms with van der Waals surface area (Å²) in [6, 6.07) is 7.80. The molecule has 0 amide bonds. The predicted octanol–water partition coefficient (Wildman–Crippen LogP) is 2.38. The van der Waals surface area contributed by atoms with Gasteiger partial charge in [-0.25, -0.2) is 24.2 Å². The summed E-state index contributed by atoms with van der Waals surface area (Å²) >= 11 is 6.24. The number of carbonyl (C=O) groups is 2. The molecule has 10 nitrogen and oxygen atoms in total. The van der Waals surface area contributed by atoms with E-state index in [1.807, 2.05) is 45.0 Å². The van der Waals surface area contributed by atoms with Crippen molar-refractivity contribution in [2.45, 2.75) is 32.7 Å². The maximum atomic E-state index is 9.10. The Balaban J connectivity index is 0.000000438. The zero-order valence-electron chi connectivity index (χ0n) is 16.2. The number of hydrogen-bond donors (Lipinski definition) is 2. The van der Waals surface area contributed by atoms with Gasteiger partial charge in [-0.1, -0.05) is 49.7 Å². The smallest absolute Gasteiger partial charge is 0.414 e. The summed E-state index contributed by atoms with van der Waals surface area (Å²) in [5.74, 6) is -2.16. The van der Waals surface area contributed by atoms with Crippen LogP contribution in [0.1, 0.15) is 32.2 Å². The first-order chi connectivity index (χ1) is 13.5. The number of hydrogen-bond acceptors (Lipinski definition) is 7. The second-order valence-electron chi connectivity index (χ2n) is 6.97. The summed E-state index contributed by atoms with van der Waals surface area (Å²) in [5, 5.41) is 23.4. The molecule has 0 atom stereocenters. The highest BCUT2D eigenvalue weighted by Gasteiger charge is 2.22. The summed E-state index contributed by atoms with van der Waals surface area (Å²) in [7, 11) is 1.65. The molecule has 3 aromatic rings. The Kier molecular flexibility index (Phi) is 6.70. The molecular formula is C18H20ClN5O5. The molecular weight excluding hydrogens is 402 g/mol. The van der Waals surface area contributed by atoms with Crippen molar-refractivity contribution in [1.29, 1.82) is 0 Å². The second kappa shape index (κ2) is 8.82. The molecule has 2 aromatic heterocycles. The number of methoxy groups -OCH3 is 1. The minimum Gasteiger partial charge on any atom is -0.497 e. The summed E-state index contributed by atoms with van der Waals surface area (Å²) < 4.78 is 6.91. The van der Waals surface area contributed by atoms with Gasteiger partial charge in [0.05, 0.1) is 13.7 Å². The Hall–Kier alpha value is -3.27. The number of halogens is 1. The van der Waals surface area contributed by atoms with E-state index in [9.17, 15) is 0 Å². The molecule has 0 bridgehead atoms. The molecule has 0 aliphatic carbocycles. The quantitative estimate of drug-likeness (QED) is 0.481. The number of benzene rings is 1. The van der Waals surface area contributed by atoms with Gasteiger partial charge < -0.3 is 14.9 Å². The van der Waals surface area contributed by atoms with Gasteiger partial charge in [-0.15, -0.1) is 5.10 Å². The van der Waals surface area contributed by atoms with E-state index in [-0.39, 0.29) is 5.41 Å². The minimum absolute atomic E-state index is 0.201. The lowest BCUT2D eigenvalue weighted by molar-refractivity contribution is -0.159.